The highest BCUT2D eigenvalue weighted by molar-refractivity contribution is 5.77. The molecule has 1 aromatic rings. The van der Waals surface area contributed by atoms with Crippen molar-refractivity contribution in [1.29, 1.82) is 0 Å². The monoisotopic (exact) mass is 202 g/mol. The van der Waals surface area contributed by atoms with Crippen molar-refractivity contribution in [2.45, 2.75) is 33.1 Å². The number of nitrogens with zero attached hydrogens (tertiary/aromatic N) is 1. The summed E-state index contributed by atoms with van der Waals surface area (Å²) in [6.45, 7) is 11.6. The minimum absolute atomic E-state index is 0.528. The maximum atomic E-state index is 4.52. The van der Waals surface area contributed by atoms with Gasteiger partial charge in [-0.05, 0) is 36.0 Å². The van der Waals surface area contributed by atoms with Gasteiger partial charge in [-0.1, -0.05) is 20.4 Å². The molecule has 0 unspecified atom stereocenters. The molecule has 15 heavy (non-hydrogen) atoms. The van der Waals surface area contributed by atoms with Crippen LogP contribution in [0.1, 0.15) is 43.0 Å². The van der Waals surface area contributed by atoms with E-state index < -0.39 is 0 Å². The summed E-state index contributed by atoms with van der Waals surface area (Å²) in [6.07, 6.45) is 3.00. The summed E-state index contributed by atoms with van der Waals surface area (Å²) in [6, 6.07) is 0. The summed E-state index contributed by atoms with van der Waals surface area (Å²) in [5.41, 5.74) is 6.06. The molecule has 0 aromatic carbocycles. The maximum Gasteiger partial charge on any atom is 0.0890 e. The zero-order valence-electron chi connectivity index (χ0n) is 9.72. The van der Waals surface area contributed by atoms with Crippen LogP contribution in [0.3, 0.4) is 0 Å². The van der Waals surface area contributed by atoms with E-state index in [1.807, 2.05) is 6.20 Å². The van der Waals surface area contributed by atoms with Crippen molar-refractivity contribution in [3.63, 3.8) is 0 Å². The predicted molar refractivity (Wildman–Crippen MR) is 65.2 cm³/mol. The first kappa shape index (κ1) is 10.2. The first-order valence-corrected chi connectivity index (χ1v) is 5.52. The van der Waals surface area contributed by atoms with Gasteiger partial charge in [0.15, 0.2) is 0 Å². The summed E-state index contributed by atoms with van der Waals surface area (Å²) in [7, 11) is 0. The predicted octanol–water partition coefficient (Wildman–Crippen LogP) is 3.34. The average Bonchev–Trinajstić information content (AvgIpc) is 2.19. The molecule has 0 saturated heterocycles. The van der Waals surface area contributed by atoms with Gasteiger partial charge in [0.2, 0.25) is 0 Å². The molecule has 1 aromatic heterocycles. The van der Waals surface area contributed by atoms with Crippen molar-refractivity contribution in [2.24, 2.45) is 0 Å². The summed E-state index contributed by atoms with van der Waals surface area (Å²) >= 11 is 0. The van der Waals surface area contributed by atoms with Crippen LogP contribution >= 0.6 is 0 Å². The molecule has 1 aliphatic heterocycles. The molecular formula is C13H18N2. The third-order valence-electron chi connectivity index (χ3n) is 3.06. The Labute approximate surface area is 91.4 Å². The van der Waals surface area contributed by atoms with E-state index in [0.717, 1.165) is 24.2 Å². The molecule has 1 aliphatic rings. The van der Waals surface area contributed by atoms with Crippen LogP contribution in [-0.2, 0) is 0 Å². The number of pyridine rings is 1. The minimum Gasteiger partial charge on any atom is -0.383 e. The maximum absolute atomic E-state index is 4.52. The summed E-state index contributed by atoms with van der Waals surface area (Å²) in [4.78, 5) is 4.52. The normalized spacial score (nSPS) is 15.1. The molecule has 0 saturated carbocycles. The van der Waals surface area contributed by atoms with E-state index in [1.165, 1.54) is 16.8 Å². The molecule has 0 bridgehead atoms. The Bertz CT molecular complexity index is 405. The zero-order valence-corrected chi connectivity index (χ0v) is 9.72. The highest BCUT2D eigenvalue weighted by atomic mass is 14.9. The highest BCUT2D eigenvalue weighted by Crippen LogP contribution is 2.33. The Hall–Kier alpha value is -1.31. The van der Waals surface area contributed by atoms with Gasteiger partial charge >= 0.3 is 0 Å². The van der Waals surface area contributed by atoms with E-state index >= 15 is 0 Å². The molecule has 2 nitrogen and oxygen atoms in total. The lowest BCUT2D eigenvalue weighted by Gasteiger charge is -2.23. The molecule has 80 valence electrons. The zero-order chi connectivity index (χ0) is 11.0. The molecule has 2 rings (SSSR count). The summed E-state index contributed by atoms with van der Waals surface area (Å²) in [5.74, 6) is 0.528. The average molecular weight is 202 g/mol. The fraction of sp³-hybridized carbons (Fsp3) is 0.462. The van der Waals surface area contributed by atoms with Crippen LogP contribution in [0.2, 0.25) is 0 Å². The van der Waals surface area contributed by atoms with E-state index in [-0.39, 0.29) is 0 Å². The second-order valence-corrected chi connectivity index (χ2v) is 4.50. The van der Waals surface area contributed by atoms with Crippen molar-refractivity contribution < 1.29 is 0 Å². The van der Waals surface area contributed by atoms with Crippen LogP contribution in [0.5, 0.6) is 0 Å². The molecule has 0 spiro atoms. The largest absolute Gasteiger partial charge is 0.383 e. The van der Waals surface area contributed by atoms with Crippen molar-refractivity contribution in [2.75, 3.05) is 11.9 Å². The van der Waals surface area contributed by atoms with Crippen LogP contribution in [0.15, 0.2) is 12.8 Å². The van der Waals surface area contributed by atoms with E-state index in [9.17, 15) is 0 Å². The fourth-order valence-corrected chi connectivity index (χ4v) is 2.14. The number of fused-ring (bicyclic) bond motifs is 1. The van der Waals surface area contributed by atoms with Gasteiger partial charge in [-0.15, -0.1) is 0 Å². The third kappa shape index (κ3) is 1.65. The Morgan fingerprint density at radius 1 is 1.47 bits per heavy atom. The van der Waals surface area contributed by atoms with Gasteiger partial charge in [-0.3, -0.25) is 4.98 Å². The second-order valence-electron chi connectivity index (χ2n) is 4.50. The van der Waals surface area contributed by atoms with Gasteiger partial charge in [0.1, 0.15) is 0 Å². The standard InChI is InChI=1S/C13H18N2/c1-8(2)11-7-15-12-9(3)5-6-14-13(12)10(11)4/h7-8,14H,3,5-6H2,1-2,4H3. The molecule has 2 heteroatoms. The molecule has 0 amide bonds. The molecule has 2 heterocycles. The van der Waals surface area contributed by atoms with Gasteiger partial charge in [0.25, 0.3) is 0 Å². The molecule has 0 radical (unpaired) electrons. The molecule has 1 N–H and O–H groups in total. The van der Waals surface area contributed by atoms with Gasteiger partial charge in [-0.25, -0.2) is 0 Å². The van der Waals surface area contributed by atoms with Crippen LogP contribution in [0.4, 0.5) is 5.69 Å². The number of hydrogen-bond donors (Lipinski definition) is 1. The number of aromatic nitrogens is 1. The SMILES string of the molecule is C=C1CCNc2c1ncc(C(C)C)c2C. The van der Waals surface area contributed by atoms with E-state index in [2.05, 4.69) is 37.7 Å². The van der Waals surface area contributed by atoms with Crippen molar-refractivity contribution in [1.82, 2.24) is 4.98 Å². The first-order valence-electron chi connectivity index (χ1n) is 5.52. The van der Waals surface area contributed by atoms with Gasteiger partial charge in [0.05, 0.1) is 11.4 Å². The second kappa shape index (κ2) is 3.69. The minimum atomic E-state index is 0.528. The van der Waals surface area contributed by atoms with Crippen LogP contribution in [0, 0.1) is 6.92 Å². The van der Waals surface area contributed by atoms with Gasteiger partial charge < -0.3 is 5.32 Å². The topological polar surface area (TPSA) is 24.9 Å². The van der Waals surface area contributed by atoms with E-state index in [0.29, 0.717) is 5.92 Å². The Morgan fingerprint density at radius 3 is 2.87 bits per heavy atom. The first-order chi connectivity index (χ1) is 7.11. The van der Waals surface area contributed by atoms with Crippen LogP contribution in [0.25, 0.3) is 5.57 Å². The summed E-state index contributed by atoms with van der Waals surface area (Å²) in [5, 5.41) is 3.43. The smallest absolute Gasteiger partial charge is 0.0890 e. The molecular weight excluding hydrogens is 184 g/mol. The van der Waals surface area contributed by atoms with Crippen LogP contribution in [-0.4, -0.2) is 11.5 Å². The van der Waals surface area contributed by atoms with Crippen molar-refractivity contribution in [3.8, 4) is 0 Å². The lowest BCUT2D eigenvalue weighted by molar-refractivity contribution is 0.842. The number of hydrogen-bond acceptors (Lipinski definition) is 2. The number of nitrogens with one attached hydrogen (secondary N) is 1. The quantitative estimate of drug-likeness (QED) is 0.755. The Balaban J connectivity index is 2.57. The number of rotatable bonds is 1. The Morgan fingerprint density at radius 2 is 2.20 bits per heavy atom. The lowest BCUT2D eigenvalue weighted by atomic mass is 9.94. The van der Waals surface area contributed by atoms with E-state index in [1.54, 1.807) is 0 Å². The Kier molecular flexibility index (Phi) is 2.51. The molecule has 0 aliphatic carbocycles. The fourth-order valence-electron chi connectivity index (χ4n) is 2.14. The van der Waals surface area contributed by atoms with Crippen molar-refractivity contribution >= 4 is 11.3 Å². The lowest BCUT2D eigenvalue weighted by Crippen LogP contribution is -2.14. The van der Waals surface area contributed by atoms with E-state index in [4.69, 9.17) is 0 Å². The molecule has 0 fully saturated rings. The molecule has 0 atom stereocenters. The van der Waals surface area contributed by atoms with Gasteiger partial charge in [-0.2, -0.15) is 0 Å². The third-order valence-corrected chi connectivity index (χ3v) is 3.06. The summed E-state index contributed by atoms with van der Waals surface area (Å²) < 4.78 is 0. The highest BCUT2D eigenvalue weighted by Gasteiger charge is 2.18. The number of anilines is 1. The van der Waals surface area contributed by atoms with Gasteiger partial charge in [0, 0.05) is 12.7 Å². The van der Waals surface area contributed by atoms with Crippen LogP contribution < -0.4 is 5.32 Å². The van der Waals surface area contributed by atoms with Crippen molar-refractivity contribution in [3.05, 3.63) is 29.6 Å².